The second kappa shape index (κ2) is 2.63. The number of rotatable bonds is 3. The fraction of sp³-hybridized carbons (Fsp3) is 0.667. The number of H-pyrrole nitrogens is 1. The van der Waals surface area contributed by atoms with Gasteiger partial charge < -0.3 is 15.2 Å². The topological polar surface area (TPSA) is 70.2 Å². The van der Waals surface area contributed by atoms with Crippen LogP contribution in [0, 0.1) is 0 Å². The van der Waals surface area contributed by atoms with Crippen LogP contribution in [0.4, 0.5) is 5.82 Å². The van der Waals surface area contributed by atoms with E-state index in [1.165, 1.54) is 0 Å². The van der Waals surface area contributed by atoms with Crippen LogP contribution in [0.25, 0.3) is 0 Å². The van der Waals surface area contributed by atoms with Crippen LogP contribution < -0.4 is 10.1 Å². The summed E-state index contributed by atoms with van der Waals surface area (Å²) >= 11 is 0. The maximum absolute atomic E-state index is 9.16. The Hall–Kier alpha value is -1.23. The van der Waals surface area contributed by atoms with Crippen LogP contribution in [0.5, 0.6) is 5.75 Å². The summed E-state index contributed by atoms with van der Waals surface area (Å²) in [5.41, 5.74) is 0.927. The van der Waals surface area contributed by atoms with E-state index in [1.807, 2.05) is 0 Å². The number of nitrogens with zero attached hydrogens (tertiary/aromatic N) is 1. The van der Waals surface area contributed by atoms with E-state index in [9.17, 15) is 0 Å². The Kier molecular flexibility index (Phi) is 1.53. The zero-order chi connectivity index (χ0) is 9.60. The minimum atomic E-state index is -0.130. The molecule has 0 bridgehead atoms. The van der Waals surface area contributed by atoms with Gasteiger partial charge in [0.1, 0.15) is 0 Å². The number of hydrogen-bond acceptors (Lipinski definition) is 4. The van der Waals surface area contributed by atoms with Gasteiger partial charge in [0.2, 0.25) is 0 Å². The molecule has 1 aliphatic carbocycles. The highest BCUT2D eigenvalue weighted by molar-refractivity contribution is 5.56. The lowest BCUT2D eigenvalue weighted by molar-refractivity contribution is 0.265. The molecule has 0 amide bonds. The number of aromatic nitrogens is 2. The van der Waals surface area contributed by atoms with Crippen LogP contribution >= 0.6 is 0 Å². The van der Waals surface area contributed by atoms with E-state index in [2.05, 4.69) is 15.5 Å². The van der Waals surface area contributed by atoms with E-state index >= 15 is 0 Å². The molecule has 0 atom stereocenters. The van der Waals surface area contributed by atoms with Crippen molar-refractivity contribution in [1.29, 1.82) is 0 Å². The van der Waals surface area contributed by atoms with Crippen molar-refractivity contribution in [3.63, 3.8) is 0 Å². The zero-order valence-corrected chi connectivity index (χ0v) is 7.84. The first kappa shape index (κ1) is 8.11. The van der Waals surface area contributed by atoms with Gasteiger partial charge in [0, 0.05) is 6.42 Å². The van der Waals surface area contributed by atoms with Gasteiger partial charge in [-0.15, -0.1) is 0 Å². The quantitative estimate of drug-likeness (QED) is 0.648. The van der Waals surface area contributed by atoms with Gasteiger partial charge in [0.25, 0.3) is 0 Å². The molecule has 1 saturated carbocycles. The summed E-state index contributed by atoms with van der Waals surface area (Å²) in [7, 11) is 0. The molecular weight excluding hydrogens is 182 g/mol. The predicted molar refractivity (Wildman–Crippen MR) is 50.5 cm³/mol. The summed E-state index contributed by atoms with van der Waals surface area (Å²) in [5.74, 6) is 1.59. The maximum atomic E-state index is 9.16. The molecule has 0 aromatic carbocycles. The van der Waals surface area contributed by atoms with Crippen molar-refractivity contribution in [3.8, 4) is 5.75 Å². The average Bonchev–Trinajstić information content (AvgIpc) is 2.66. The first-order chi connectivity index (χ1) is 6.83. The van der Waals surface area contributed by atoms with Crippen molar-refractivity contribution in [2.75, 3.05) is 18.5 Å². The van der Waals surface area contributed by atoms with Gasteiger partial charge >= 0.3 is 0 Å². The number of ether oxygens (including phenoxy) is 1. The lowest BCUT2D eigenvalue weighted by atomic mass is 10.3. The Morgan fingerprint density at radius 3 is 3.14 bits per heavy atom. The van der Waals surface area contributed by atoms with Crippen molar-refractivity contribution >= 4 is 5.82 Å². The van der Waals surface area contributed by atoms with Crippen LogP contribution in [0.15, 0.2) is 0 Å². The van der Waals surface area contributed by atoms with E-state index in [-0.39, 0.29) is 12.1 Å². The Morgan fingerprint density at radius 1 is 1.57 bits per heavy atom. The number of aliphatic hydroxyl groups excluding tert-OH is 1. The fourth-order valence-electron chi connectivity index (χ4n) is 1.76. The summed E-state index contributed by atoms with van der Waals surface area (Å²) in [4.78, 5) is 0. The molecule has 3 rings (SSSR count). The molecule has 1 aromatic heterocycles. The molecule has 1 fully saturated rings. The molecule has 14 heavy (non-hydrogen) atoms. The molecule has 2 aliphatic rings. The minimum absolute atomic E-state index is 0.130. The molecule has 5 heteroatoms. The van der Waals surface area contributed by atoms with Gasteiger partial charge in [0.15, 0.2) is 11.6 Å². The highest BCUT2D eigenvalue weighted by Crippen LogP contribution is 2.41. The summed E-state index contributed by atoms with van der Waals surface area (Å²) in [5, 5.41) is 19.5. The number of anilines is 1. The Balaban J connectivity index is 1.83. The van der Waals surface area contributed by atoms with Crippen LogP contribution in [-0.4, -0.2) is 34.1 Å². The Bertz CT molecular complexity index is 357. The second-order valence-corrected chi connectivity index (χ2v) is 4.04. The predicted octanol–water partition coefficient (Wildman–Crippen LogP) is 0.281. The molecule has 1 aromatic rings. The van der Waals surface area contributed by atoms with E-state index in [0.29, 0.717) is 0 Å². The van der Waals surface area contributed by atoms with Crippen LogP contribution in [0.2, 0.25) is 0 Å². The highest BCUT2D eigenvalue weighted by atomic mass is 16.5. The van der Waals surface area contributed by atoms with E-state index in [1.54, 1.807) is 0 Å². The summed E-state index contributed by atoms with van der Waals surface area (Å²) in [6.45, 7) is 0.888. The fourth-order valence-corrected chi connectivity index (χ4v) is 1.76. The van der Waals surface area contributed by atoms with Gasteiger partial charge in [-0.1, -0.05) is 0 Å². The summed E-state index contributed by atoms with van der Waals surface area (Å²) in [6, 6.07) is 0. The van der Waals surface area contributed by atoms with Crippen LogP contribution in [0.1, 0.15) is 18.5 Å². The van der Waals surface area contributed by atoms with Crippen molar-refractivity contribution < 1.29 is 9.84 Å². The second-order valence-electron chi connectivity index (χ2n) is 4.04. The van der Waals surface area contributed by atoms with Gasteiger partial charge in [-0.25, -0.2) is 0 Å². The highest BCUT2D eigenvalue weighted by Gasteiger charge is 2.43. The van der Waals surface area contributed by atoms with E-state index < -0.39 is 0 Å². The van der Waals surface area contributed by atoms with Crippen LogP contribution in [0.3, 0.4) is 0 Å². The Morgan fingerprint density at radius 2 is 2.43 bits per heavy atom. The molecule has 0 spiro atoms. The molecular formula is C9H13N3O2. The third-order valence-electron chi connectivity index (χ3n) is 2.93. The maximum Gasteiger partial charge on any atom is 0.191 e. The molecule has 3 N–H and O–H groups in total. The molecule has 76 valence electrons. The smallest absolute Gasteiger partial charge is 0.191 e. The molecule has 0 unspecified atom stereocenters. The zero-order valence-electron chi connectivity index (χ0n) is 7.84. The van der Waals surface area contributed by atoms with Gasteiger partial charge in [-0.05, 0) is 12.8 Å². The summed E-state index contributed by atoms with van der Waals surface area (Å²) < 4.78 is 5.45. The molecule has 1 aliphatic heterocycles. The van der Waals surface area contributed by atoms with Crippen molar-refractivity contribution in [1.82, 2.24) is 10.2 Å². The standard InChI is InChI=1S/C9H13N3O2/c13-5-9(2-3-9)10-8-7-6(11-12-8)1-4-14-7/h13H,1-5H2,(H2,10,11,12). The van der Waals surface area contributed by atoms with E-state index in [4.69, 9.17) is 9.84 Å². The third kappa shape index (κ3) is 1.09. The number of aromatic amines is 1. The third-order valence-corrected chi connectivity index (χ3v) is 2.93. The number of fused-ring (bicyclic) bond motifs is 1. The lowest BCUT2D eigenvalue weighted by Crippen LogP contribution is -2.26. The van der Waals surface area contributed by atoms with Crippen LogP contribution in [-0.2, 0) is 6.42 Å². The molecule has 5 nitrogen and oxygen atoms in total. The van der Waals surface area contributed by atoms with Crippen molar-refractivity contribution in [2.24, 2.45) is 0 Å². The monoisotopic (exact) mass is 195 g/mol. The normalized spacial score (nSPS) is 21.5. The number of nitrogens with one attached hydrogen (secondary N) is 2. The first-order valence-electron chi connectivity index (χ1n) is 4.92. The first-order valence-corrected chi connectivity index (χ1v) is 4.92. The van der Waals surface area contributed by atoms with Crippen molar-refractivity contribution in [2.45, 2.75) is 24.8 Å². The minimum Gasteiger partial charge on any atom is -0.487 e. The summed E-state index contributed by atoms with van der Waals surface area (Å²) in [6.07, 6.45) is 2.91. The SMILES string of the molecule is OCC1(Nc2n[nH]c3c2OCC3)CC1. The van der Waals surface area contributed by atoms with Gasteiger partial charge in [-0.3, -0.25) is 5.10 Å². The van der Waals surface area contributed by atoms with E-state index in [0.717, 1.165) is 43.1 Å². The van der Waals surface area contributed by atoms with Gasteiger partial charge in [-0.2, -0.15) is 5.10 Å². The molecule has 0 saturated heterocycles. The average molecular weight is 195 g/mol. The van der Waals surface area contributed by atoms with Crippen molar-refractivity contribution in [3.05, 3.63) is 5.69 Å². The largest absolute Gasteiger partial charge is 0.487 e. The van der Waals surface area contributed by atoms with Gasteiger partial charge in [0.05, 0.1) is 24.4 Å². The molecule has 0 radical (unpaired) electrons. The number of aliphatic hydroxyl groups is 1. The molecule has 2 heterocycles. The Labute approximate surface area is 81.5 Å². The number of hydrogen-bond donors (Lipinski definition) is 3. The lowest BCUT2D eigenvalue weighted by Gasteiger charge is -2.13.